The second-order valence-electron chi connectivity index (χ2n) is 12.0. The number of anilines is 2. The van der Waals surface area contributed by atoms with Crippen LogP contribution in [-0.4, -0.2) is 67.7 Å². The summed E-state index contributed by atoms with van der Waals surface area (Å²) in [5.74, 6) is 2.20. The first-order valence-electron chi connectivity index (χ1n) is 17.3. The molecule has 0 spiro atoms. The number of nitrogens with zero attached hydrogens (tertiary/aromatic N) is 3. The van der Waals surface area contributed by atoms with Crippen molar-refractivity contribution in [3.05, 3.63) is 71.6 Å². The van der Waals surface area contributed by atoms with E-state index in [1.165, 1.54) is 31.7 Å². The molecule has 11 nitrogen and oxygen atoms in total. The number of ether oxygens (including phenoxy) is 1. The van der Waals surface area contributed by atoms with E-state index in [-0.39, 0.29) is 12.3 Å². The maximum Gasteiger partial charge on any atom is 0.163 e. The first kappa shape index (κ1) is 45.5. The Balaban J connectivity index is 0.000000729. The third-order valence-corrected chi connectivity index (χ3v) is 7.66. The number of aldehydes is 2. The van der Waals surface area contributed by atoms with Crippen LogP contribution >= 0.6 is 0 Å². The molecule has 0 amide bonds. The van der Waals surface area contributed by atoms with Crippen LogP contribution in [0.3, 0.4) is 0 Å². The number of hydrogen-bond donors (Lipinski definition) is 4. The molecule has 1 aliphatic carbocycles. The largest absolute Gasteiger partial charge is 0.404 e. The Bertz CT molecular complexity index is 1420. The Morgan fingerprint density at radius 3 is 2.00 bits per heavy atom. The average Bonchev–Trinajstić information content (AvgIpc) is 3.52. The number of Topliss-reactive ketones (excluding diaryl/α,β-unsaturated/α-hetero) is 1. The monoisotopic (exact) mass is 691 g/mol. The Kier molecular flexibility index (Phi) is 24.9. The van der Waals surface area contributed by atoms with E-state index in [0.29, 0.717) is 36.0 Å². The zero-order chi connectivity index (χ0) is 37.9. The fourth-order valence-electron chi connectivity index (χ4n) is 4.93. The van der Waals surface area contributed by atoms with Gasteiger partial charge in [0.15, 0.2) is 12.1 Å². The number of ketones is 1. The van der Waals surface area contributed by atoms with Crippen LogP contribution in [0.5, 0.6) is 0 Å². The molecule has 6 N–H and O–H groups in total. The van der Waals surface area contributed by atoms with Crippen LogP contribution in [0, 0.1) is 25.7 Å². The number of aryl methyl sites for hydroxylation is 2. The van der Waals surface area contributed by atoms with Crippen molar-refractivity contribution in [3.8, 4) is 11.3 Å². The Labute approximate surface area is 300 Å². The minimum absolute atomic E-state index is 0.139. The van der Waals surface area contributed by atoms with Gasteiger partial charge in [-0.15, -0.1) is 0 Å². The van der Waals surface area contributed by atoms with Crippen molar-refractivity contribution in [1.82, 2.24) is 15.0 Å². The standard InChI is InChI=1S/C18H19N3O2.C8H13N3.C7H14.C4H10O.C2H5NO/c1-3-4-18(23)15-6-5-13(7-12(15)2)16-9-21-17(10-20-16)14(8-19)11-22;1-6-8(10-3)4-7(9-2)5-11-6;1-6-3-4-7(2)5-6;1-3-4-5-2;3-1-2-4/h5-11H,3-4,19H2,1-2H3;4-5,9-10H,1-3H3;6-7H,3-5H2,1-2H3;3-4H2,1-2H3;2H,1,3H2/b14-8-;;;;. The van der Waals surface area contributed by atoms with Crippen molar-refractivity contribution >= 4 is 35.3 Å². The Hall–Kier alpha value is -4.48. The van der Waals surface area contributed by atoms with Gasteiger partial charge in [0.1, 0.15) is 6.29 Å². The quantitative estimate of drug-likeness (QED) is 0.0922. The van der Waals surface area contributed by atoms with Crippen molar-refractivity contribution in [1.29, 1.82) is 0 Å². The second-order valence-corrected chi connectivity index (χ2v) is 12.0. The predicted octanol–water partition coefficient (Wildman–Crippen LogP) is 7.04. The number of carbonyl (C=O) groups excluding carboxylic acids is 3. The highest BCUT2D eigenvalue weighted by Crippen LogP contribution is 2.29. The molecule has 4 rings (SSSR count). The Morgan fingerprint density at radius 1 is 0.960 bits per heavy atom. The minimum Gasteiger partial charge on any atom is -0.404 e. The lowest BCUT2D eigenvalue weighted by Gasteiger charge is -2.08. The highest BCUT2D eigenvalue weighted by Gasteiger charge is 2.16. The van der Waals surface area contributed by atoms with E-state index in [4.69, 9.17) is 15.3 Å². The molecule has 0 aliphatic heterocycles. The number of allylic oxidation sites excluding steroid dienone is 1. The molecule has 2 aromatic heterocycles. The maximum atomic E-state index is 12.0. The summed E-state index contributed by atoms with van der Waals surface area (Å²) >= 11 is 0. The molecule has 2 atom stereocenters. The number of nitrogens with one attached hydrogen (secondary N) is 2. The number of rotatable bonds is 11. The molecular weight excluding hydrogens is 630 g/mol. The number of aromatic nitrogens is 3. The number of nitrogens with two attached hydrogens (primary N) is 2. The molecular formula is C39H61N7O4. The van der Waals surface area contributed by atoms with Gasteiger partial charge < -0.3 is 31.6 Å². The average molecular weight is 692 g/mol. The summed E-state index contributed by atoms with van der Waals surface area (Å²) in [6.07, 6.45) is 14.3. The van der Waals surface area contributed by atoms with Crippen LogP contribution in [0.1, 0.15) is 93.5 Å². The summed E-state index contributed by atoms with van der Waals surface area (Å²) in [5.41, 5.74) is 17.1. The van der Waals surface area contributed by atoms with Crippen LogP contribution in [0.15, 0.2) is 49.1 Å². The van der Waals surface area contributed by atoms with Crippen LogP contribution in [0.4, 0.5) is 11.4 Å². The fourth-order valence-corrected chi connectivity index (χ4v) is 4.93. The van der Waals surface area contributed by atoms with Crippen LogP contribution in [-0.2, 0) is 14.3 Å². The lowest BCUT2D eigenvalue weighted by Crippen LogP contribution is -2.01. The molecule has 2 unspecified atom stereocenters. The van der Waals surface area contributed by atoms with E-state index in [1.807, 2.05) is 65.3 Å². The number of methoxy groups -OCH3 is 1. The van der Waals surface area contributed by atoms with Crippen molar-refractivity contribution in [2.75, 3.05) is 45.0 Å². The van der Waals surface area contributed by atoms with Gasteiger partial charge in [-0.3, -0.25) is 24.5 Å². The van der Waals surface area contributed by atoms with Crippen LogP contribution in [0.25, 0.3) is 16.8 Å². The van der Waals surface area contributed by atoms with Crippen LogP contribution < -0.4 is 22.1 Å². The van der Waals surface area contributed by atoms with Gasteiger partial charge in [-0.2, -0.15) is 0 Å². The molecule has 2 heterocycles. The van der Waals surface area contributed by atoms with E-state index in [0.717, 1.165) is 65.0 Å². The summed E-state index contributed by atoms with van der Waals surface area (Å²) in [6.45, 7) is 13.7. The molecule has 11 heteroatoms. The van der Waals surface area contributed by atoms with Crippen molar-refractivity contribution in [3.63, 3.8) is 0 Å². The number of benzene rings is 1. The smallest absolute Gasteiger partial charge is 0.163 e. The van der Waals surface area contributed by atoms with Gasteiger partial charge >= 0.3 is 0 Å². The maximum absolute atomic E-state index is 12.0. The lowest BCUT2D eigenvalue weighted by atomic mass is 9.98. The molecule has 0 radical (unpaired) electrons. The molecule has 276 valence electrons. The topological polar surface area (TPSA) is 175 Å². The molecule has 50 heavy (non-hydrogen) atoms. The predicted molar refractivity (Wildman–Crippen MR) is 207 cm³/mol. The van der Waals surface area contributed by atoms with Gasteiger partial charge in [-0.25, -0.2) is 0 Å². The van der Waals surface area contributed by atoms with Crippen molar-refractivity contribution in [2.45, 2.75) is 80.1 Å². The number of pyridine rings is 1. The van der Waals surface area contributed by atoms with Crippen molar-refractivity contribution in [2.24, 2.45) is 23.3 Å². The summed E-state index contributed by atoms with van der Waals surface area (Å²) in [7, 11) is 5.48. The third kappa shape index (κ3) is 17.8. The second kappa shape index (κ2) is 27.4. The zero-order valence-electron chi connectivity index (χ0n) is 31.7. The van der Waals surface area contributed by atoms with E-state index in [9.17, 15) is 9.59 Å². The summed E-state index contributed by atoms with van der Waals surface area (Å²) in [5, 5.41) is 6.09. The molecule has 1 aromatic carbocycles. The zero-order valence-corrected chi connectivity index (χ0v) is 31.7. The summed E-state index contributed by atoms with van der Waals surface area (Å²) in [6, 6.07) is 7.64. The van der Waals surface area contributed by atoms with E-state index < -0.39 is 0 Å². The van der Waals surface area contributed by atoms with E-state index in [2.05, 4.69) is 52.1 Å². The van der Waals surface area contributed by atoms with Crippen LogP contribution in [0.2, 0.25) is 0 Å². The SMILES string of the molecule is CC1CCC(C)C1.CCCC(=O)c1ccc(-c2cnc(/C(C=O)=C\N)cn2)cc1C.CCCOC.CNc1cnc(C)c(NC)c1.NCC=O. The normalized spacial score (nSPS) is 14.5. The number of carbonyl (C=O) groups is 3. The Morgan fingerprint density at radius 2 is 1.62 bits per heavy atom. The summed E-state index contributed by atoms with van der Waals surface area (Å²) in [4.78, 5) is 44.6. The van der Waals surface area contributed by atoms with Gasteiger partial charge in [0.2, 0.25) is 0 Å². The molecule has 0 saturated heterocycles. The third-order valence-electron chi connectivity index (χ3n) is 7.66. The van der Waals surface area contributed by atoms with Gasteiger partial charge in [-0.05, 0) is 62.6 Å². The first-order valence-corrected chi connectivity index (χ1v) is 17.3. The molecule has 3 aromatic rings. The molecule has 0 bridgehead atoms. The van der Waals surface area contributed by atoms with Gasteiger partial charge in [-0.1, -0.05) is 52.7 Å². The number of hydrogen-bond acceptors (Lipinski definition) is 11. The fraction of sp³-hybridized carbons (Fsp3) is 0.487. The lowest BCUT2D eigenvalue weighted by molar-refractivity contribution is -0.106. The molecule has 1 aliphatic rings. The molecule has 1 fully saturated rings. The minimum atomic E-state index is 0.139. The van der Waals surface area contributed by atoms with Gasteiger partial charge in [0.05, 0.1) is 52.6 Å². The molecule has 1 saturated carbocycles. The van der Waals surface area contributed by atoms with Crippen molar-refractivity contribution < 1.29 is 19.1 Å². The van der Waals surface area contributed by atoms with Gasteiger partial charge in [0.25, 0.3) is 0 Å². The van der Waals surface area contributed by atoms with E-state index >= 15 is 0 Å². The van der Waals surface area contributed by atoms with E-state index in [1.54, 1.807) is 13.3 Å². The van der Waals surface area contributed by atoms with Gasteiger partial charge in [0, 0.05) is 58.1 Å². The first-order chi connectivity index (χ1) is 24.0. The highest BCUT2D eigenvalue weighted by atomic mass is 16.5. The highest BCUT2D eigenvalue weighted by molar-refractivity contribution is 6.05. The summed E-state index contributed by atoms with van der Waals surface area (Å²) < 4.78 is 4.69.